The van der Waals surface area contributed by atoms with Crippen LogP contribution in [0.1, 0.15) is 45.4 Å². The van der Waals surface area contributed by atoms with Crippen LogP contribution in [0, 0.1) is 0 Å². The molecular formula is C15H31N5O4. The van der Waals surface area contributed by atoms with E-state index in [-0.39, 0.29) is 0 Å². The van der Waals surface area contributed by atoms with Crippen LogP contribution in [0.15, 0.2) is 0 Å². The summed E-state index contributed by atoms with van der Waals surface area (Å²) < 4.78 is 0. The van der Waals surface area contributed by atoms with Gasteiger partial charge in [0.1, 0.15) is 12.1 Å². The highest BCUT2D eigenvalue weighted by atomic mass is 16.4. The summed E-state index contributed by atoms with van der Waals surface area (Å²) >= 11 is 0. The molecule has 0 aromatic heterocycles. The Bertz CT molecular complexity index is 405. The third-order valence-electron chi connectivity index (χ3n) is 3.62. The SMILES string of the molecule is C[C@@H](NC(=O)[C@H](CCCCN)NC(=O)[C@@H](N)CCCCN)C(=O)O. The first-order valence-corrected chi connectivity index (χ1v) is 8.32. The topological polar surface area (TPSA) is 174 Å². The molecule has 0 saturated carbocycles. The number of hydrogen-bond donors (Lipinski definition) is 6. The number of hydrogen-bond acceptors (Lipinski definition) is 6. The number of unbranched alkanes of at least 4 members (excludes halogenated alkanes) is 2. The Morgan fingerprint density at radius 1 is 0.917 bits per heavy atom. The van der Waals surface area contributed by atoms with E-state index in [0.29, 0.717) is 38.8 Å². The summed E-state index contributed by atoms with van der Waals surface area (Å²) in [7, 11) is 0. The molecule has 24 heavy (non-hydrogen) atoms. The van der Waals surface area contributed by atoms with Crippen molar-refractivity contribution in [2.45, 2.75) is 63.6 Å². The Balaban J connectivity index is 4.65. The Morgan fingerprint density at radius 3 is 1.96 bits per heavy atom. The summed E-state index contributed by atoms with van der Waals surface area (Å²) in [5.74, 6) is -2.11. The third-order valence-corrected chi connectivity index (χ3v) is 3.62. The van der Waals surface area contributed by atoms with Crippen LogP contribution in [-0.2, 0) is 14.4 Å². The number of carbonyl (C=O) groups excluding carboxylic acids is 2. The van der Waals surface area contributed by atoms with Crippen molar-refractivity contribution in [1.29, 1.82) is 0 Å². The first-order valence-electron chi connectivity index (χ1n) is 8.32. The number of nitrogens with two attached hydrogens (primary N) is 3. The lowest BCUT2D eigenvalue weighted by molar-refractivity contribution is -0.141. The Morgan fingerprint density at radius 2 is 1.46 bits per heavy atom. The molecule has 2 amide bonds. The lowest BCUT2D eigenvalue weighted by Crippen LogP contribution is -2.53. The van der Waals surface area contributed by atoms with Crippen molar-refractivity contribution >= 4 is 17.8 Å². The first-order chi connectivity index (χ1) is 11.3. The number of carbonyl (C=O) groups is 3. The van der Waals surface area contributed by atoms with Gasteiger partial charge in [0.25, 0.3) is 0 Å². The van der Waals surface area contributed by atoms with Crippen molar-refractivity contribution < 1.29 is 19.5 Å². The zero-order valence-corrected chi connectivity index (χ0v) is 14.3. The molecular weight excluding hydrogens is 314 g/mol. The van der Waals surface area contributed by atoms with Crippen molar-refractivity contribution in [2.24, 2.45) is 17.2 Å². The second-order valence-electron chi connectivity index (χ2n) is 5.81. The van der Waals surface area contributed by atoms with Gasteiger partial charge in [0.05, 0.1) is 6.04 Å². The maximum absolute atomic E-state index is 12.2. The number of amides is 2. The number of rotatable bonds is 13. The molecule has 0 fully saturated rings. The summed E-state index contributed by atoms with van der Waals surface area (Å²) in [6, 6.07) is -2.59. The summed E-state index contributed by atoms with van der Waals surface area (Å²) in [4.78, 5) is 35.2. The molecule has 0 bridgehead atoms. The number of nitrogens with one attached hydrogen (secondary N) is 2. The molecule has 0 aliphatic carbocycles. The molecule has 0 rings (SSSR count). The molecule has 0 aliphatic rings. The maximum atomic E-state index is 12.2. The Kier molecular flexibility index (Phi) is 11.8. The molecule has 0 aromatic rings. The van der Waals surface area contributed by atoms with E-state index in [9.17, 15) is 14.4 Å². The quantitative estimate of drug-likeness (QED) is 0.224. The van der Waals surface area contributed by atoms with Gasteiger partial charge in [0, 0.05) is 0 Å². The van der Waals surface area contributed by atoms with E-state index in [2.05, 4.69) is 10.6 Å². The van der Waals surface area contributed by atoms with Crippen LogP contribution >= 0.6 is 0 Å². The van der Waals surface area contributed by atoms with E-state index in [1.54, 1.807) is 0 Å². The molecule has 9 N–H and O–H groups in total. The molecule has 0 heterocycles. The molecule has 9 nitrogen and oxygen atoms in total. The predicted octanol–water partition coefficient (Wildman–Crippen LogP) is -1.35. The van der Waals surface area contributed by atoms with E-state index in [1.807, 2.05) is 0 Å². The smallest absolute Gasteiger partial charge is 0.325 e. The minimum Gasteiger partial charge on any atom is -0.480 e. The summed E-state index contributed by atoms with van der Waals surface area (Å²) in [5.41, 5.74) is 16.6. The second-order valence-corrected chi connectivity index (χ2v) is 5.81. The van der Waals surface area contributed by atoms with E-state index in [0.717, 1.165) is 12.8 Å². The molecule has 0 unspecified atom stereocenters. The summed E-state index contributed by atoms with van der Waals surface area (Å²) in [6.07, 6.45) is 3.69. The fraction of sp³-hybridized carbons (Fsp3) is 0.800. The summed E-state index contributed by atoms with van der Waals surface area (Å²) in [6.45, 7) is 2.37. The normalized spacial score (nSPS) is 14.5. The van der Waals surface area contributed by atoms with Gasteiger partial charge >= 0.3 is 5.97 Å². The van der Waals surface area contributed by atoms with Crippen LogP contribution in [0.5, 0.6) is 0 Å². The van der Waals surface area contributed by atoms with E-state index in [4.69, 9.17) is 22.3 Å². The molecule has 0 aliphatic heterocycles. The predicted molar refractivity (Wildman–Crippen MR) is 91.0 cm³/mol. The molecule has 0 radical (unpaired) electrons. The average Bonchev–Trinajstić information content (AvgIpc) is 2.53. The van der Waals surface area contributed by atoms with Crippen molar-refractivity contribution in [3.8, 4) is 0 Å². The minimum atomic E-state index is -1.14. The number of carboxylic acid groups (broad SMARTS) is 1. The average molecular weight is 345 g/mol. The van der Waals surface area contributed by atoms with Gasteiger partial charge in [-0.25, -0.2) is 0 Å². The van der Waals surface area contributed by atoms with E-state index in [1.165, 1.54) is 6.92 Å². The molecule has 140 valence electrons. The highest BCUT2D eigenvalue weighted by Crippen LogP contribution is 2.04. The fourth-order valence-electron chi connectivity index (χ4n) is 2.06. The Labute approximate surface area is 142 Å². The standard InChI is InChI=1S/C15H31N5O4/c1-10(15(23)24)19-14(22)12(7-3-5-9-17)20-13(21)11(18)6-2-4-8-16/h10-12H,2-9,16-18H2,1H3,(H,19,22)(H,20,21)(H,23,24)/t10-,11+,12+/m1/s1. The van der Waals surface area contributed by atoms with Gasteiger partial charge in [0.2, 0.25) is 11.8 Å². The van der Waals surface area contributed by atoms with Crippen LogP contribution in [0.2, 0.25) is 0 Å². The van der Waals surface area contributed by atoms with Gasteiger partial charge < -0.3 is 32.9 Å². The monoisotopic (exact) mass is 345 g/mol. The zero-order chi connectivity index (χ0) is 18.5. The maximum Gasteiger partial charge on any atom is 0.325 e. The number of carboxylic acids is 1. The van der Waals surface area contributed by atoms with Gasteiger partial charge in [0.15, 0.2) is 0 Å². The van der Waals surface area contributed by atoms with E-state index >= 15 is 0 Å². The Hall–Kier alpha value is -1.71. The lowest BCUT2D eigenvalue weighted by Gasteiger charge is -2.22. The van der Waals surface area contributed by atoms with Gasteiger partial charge in [-0.3, -0.25) is 14.4 Å². The van der Waals surface area contributed by atoms with Crippen molar-refractivity contribution in [1.82, 2.24) is 10.6 Å². The van der Waals surface area contributed by atoms with Gasteiger partial charge in [-0.1, -0.05) is 6.42 Å². The fourth-order valence-corrected chi connectivity index (χ4v) is 2.06. The highest BCUT2D eigenvalue weighted by molar-refractivity contribution is 5.91. The third kappa shape index (κ3) is 9.43. The van der Waals surface area contributed by atoms with Crippen LogP contribution in [-0.4, -0.2) is 54.1 Å². The molecule has 9 heteroatoms. The van der Waals surface area contributed by atoms with Gasteiger partial charge in [-0.2, -0.15) is 0 Å². The molecule has 3 atom stereocenters. The minimum absolute atomic E-state index is 0.372. The van der Waals surface area contributed by atoms with Crippen LogP contribution < -0.4 is 27.8 Å². The number of aliphatic carboxylic acids is 1. The van der Waals surface area contributed by atoms with Crippen molar-refractivity contribution in [3.63, 3.8) is 0 Å². The molecule has 0 spiro atoms. The zero-order valence-electron chi connectivity index (χ0n) is 14.3. The highest BCUT2D eigenvalue weighted by Gasteiger charge is 2.25. The first kappa shape index (κ1) is 22.3. The summed E-state index contributed by atoms with van der Waals surface area (Å²) in [5, 5.41) is 13.8. The van der Waals surface area contributed by atoms with Crippen molar-refractivity contribution in [3.05, 3.63) is 0 Å². The van der Waals surface area contributed by atoms with E-state index < -0.39 is 35.9 Å². The molecule has 0 aromatic carbocycles. The van der Waals surface area contributed by atoms with Crippen LogP contribution in [0.3, 0.4) is 0 Å². The van der Waals surface area contributed by atoms with Crippen LogP contribution in [0.25, 0.3) is 0 Å². The molecule has 0 saturated heterocycles. The van der Waals surface area contributed by atoms with Gasteiger partial charge in [-0.05, 0) is 52.1 Å². The lowest BCUT2D eigenvalue weighted by atomic mass is 10.1. The van der Waals surface area contributed by atoms with Crippen molar-refractivity contribution in [2.75, 3.05) is 13.1 Å². The largest absolute Gasteiger partial charge is 0.480 e. The van der Waals surface area contributed by atoms with Crippen LogP contribution in [0.4, 0.5) is 0 Å². The van der Waals surface area contributed by atoms with Gasteiger partial charge in [-0.15, -0.1) is 0 Å². The second kappa shape index (κ2) is 12.7.